The molecule has 5 atom stereocenters. The number of aryl methyl sites for hydroxylation is 1. The number of esters is 3. The van der Waals surface area contributed by atoms with Crippen molar-refractivity contribution in [1.82, 2.24) is 0 Å². The Morgan fingerprint density at radius 2 is 1.68 bits per heavy atom. The summed E-state index contributed by atoms with van der Waals surface area (Å²) in [7, 11) is 1.16. The average molecular weight is 480 g/mol. The molecule has 1 aromatic carbocycles. The molecule has 1 saturated heterocycles. The van der Waals surface area contributed by atoms with E-state index in [-0.39, 0.29) is 5.91 Å². The van der Waals surface area contributed by atoms with Gasteiger partial charge in [-0.05, 0) is 30.5 Å². The summed E-state index contributed by atoms with van der Waals surface area (Å²) in [4.78, 5) is 48.2. The van der Waals surface area contributed by atoms with Crippen molar-refractivity contribution < 1.29 is 42.9 Å². The molecular weight excluding hydrogens is 446 g/mol. The van der Waals surface area contributed by atoms with E-state index in [1.807, 2.05) is 19.9 Å². The van der Waals surface area contributed by atoms with Gasteiger partial charge in [-0.15, -0.1) is 0 Å². The molecule has 1 fully saturated rings. The second-order valence-electron chi connectivity index (χ2n) is 8.06. The monoisotopic (exact) mass is 479 g/mol. The van der Waals surface area contributed by atoms with Crippen molar-refractivity contribution in [2.24, 2.45) is 5.92 Å². The summed E-state index contributed by atoms with van der Waals surface area (Å²) >= 11 is 0. The number of anilines is 1. The largest absolute Gasteiger partial charge is 0.467 e. The Bertz CT molecular complexity index is 900. The minimum Gasteiger partial charge on any atom is -0.467 e. The average Bonchev–Trinajstić information content (AvgIpc) is 2.78. The van der Waals surface area contributed by atoms with Crippen molar-refractivity contribution in [2.75, 3.05) is 12.4 Å². The molecule has 1 aromatic rings. The maximum Gasteiger partial charge on any atom is 0.339 e. The maximum atomic E-state index is 12.5. The van der Waals surface area contributed by atoms with Crippen LogP contribution >= 0.6 is 0 Å². The lowest BCUT2D eigenvalue weighted by molar-refractivity contribution is -0.261. The molecule has 10 nitrogen and oxygen atoms in total. The van der Waals surface area contributed by atoms with E-state index < -0.39 is 48.4 Å². The van der Waals surface area contributed by atoms with Crippen molar-refractivity contribution in [2.45, 2.75) is 78.5 Å². The van der Waals surface area contributed by atoms with Gasteiger partial charge in [0.1, 0.15) is 5.75 Å². The molecule has 2 rings (SSSR count). The minimum atomic E-state index is -1.40. The summed E-state index contributed by atoms with van der Waals surface area (Å²) < 4.78 is 27.5. The first-order valence-corrected chi connectivity index (χ1v) is 11.3. The Labute approximate surface area is 199 Å². The molecule has 1 aliphatic rings. The molecule has 34 heavy (non-hydrogen) atoms. The third kappa shape index (κ3) is 6.93. The van der Waals surface area contributed by atoms with Crippen LogP contribution in [0.2, 0.25) is 0 Å². The number of carbonyl (C=O) groups excluding carboxylic acids is 4. The molecular formula is C24H33NO9. The molecule has 1 aliphatic heterocycles. The predicted molar refractivity (Wildman–Crippen MR) is 121 cm³/mol. The number of hydrogen-bond donors (Lipinski definition) is 1. The highest BCUT2D eigenvalue weighted by molar-refractivity contribution is 5.92. The van der Waals surface area contributed by atoms with Crippen LogP contribution in [0, 0.1) is 5.92 Å². The number of methoxy groups -OCH3 is 1. The molecule has 0 unspecified atom stereocenters. The van der Waals surface area contributed by atoms with E-state index in [1.165, 1.54) is 13.8 Å². The third-order valence-electron chi connectivity index (χ3n) is 5.33. The van der Waals surface area contributed by atoms with Gasteiger partial charge in [-0.2, -0.15) is 0 Å². The van der Waals surface area contributed by atoms with Gasteiger partial charge < -0.3 is 29.0 Å². The van der Waals surface area contributed by atoms with E-state index >= 15 is 0 Å². The minimum absolute atomic E-state index is 0.168. The summed E-state index contributed by atoms with van der Waals surface area (Å²) in [6, 6.07) is 5.35. The van der Waals surface area contributed by atoms with Gasteiger partial charge in [0.15, 0.2) is 18.3 Å². The van der Waals surface area contributed by atoms with Crippen molar-refractivity contribution in [1.29, 1.82) is 0 Å². The zero-order valence-corrected chi connectivity index (χ0v) is 20.4. The molecule has 10 heteroatoms. The molecule has 0 radical (unpaired) electrons. The van der Waals surface area contributed by atoms with Crippen LogP contribution < -0.4 is 10.1 Å². The smallest absolute Gasteiger partial charge is 0.339 e. The topological polar surface area (TPSA) is 126 Å². The van der Waals surface area contributed by atoms with Crippen LogP contribution in [0.4, 0.5) is 5.69 Å². The van der Waals surface area contributed by atoms with Crippen molar-refractivity contribution in [3.8, 4) is 5.75 Å². The Kier molecular flexibility index (Phi) is 9.85. The van der Waals surface area contributed by atoms with Gasteiger partial charge in [0, 0.05) is 20.3 Å². The van der Waals surface area contributed by atoms with E-state index in [1.54, 1.807) is 19.1 Å². The second-order valence-corrected chi connectivity index (χ2v) is 8.06. The molecule has 0 bridgehead atoms. The Morgan fingerprint density at radius 1 is 1.03 bits per heavy atom. The standard InChI is InChI=1S/C24H33NO9/c1-7-9-19(28)25-17-12-16(8-2)10-11-18(17)33-24-13(3)20(31-14(4)26)21(32-15(5)27)22(34-24)23(29)30-6/h10-13,20-22,24H,7-9H2,1-6H3,(H,25,28)/t13-,20-,21+,22+,24-/m1/s1. The van der Waals surface area contributed by atoms with Gasteiger partial charge in [0.2, 0.25) is 12.2 Å². The lowest BCUT2D eigenvalue weighted by atomic mass is 9.91. The SMILES string of the molecule is CCCC(=O)Nc1cc(CC)ccc1O[C@@H]1O[C@H](C(=O)OC)[C@@H](OC(C)=O)[C@H](OC(C)=O)[C@H]1C. The van der Waals surface area contributed by atoms with E-state index in [2.05, 4.69) is 5.32 Å². The molecule has 0 saturated carbocycles. The number of ether oxygens (including phenoxy) is 5. The zero-order valence-electron chi connectivity index (χ0n) is 20.4. The van der Waals surface area contributed by atoms with Crippen molar-refractivity contribution in [3.63, 3.8) is 0 Å². The third-order valence-corrected chi connectivity index (χ3v) is 5.33. The Morgan fingerprint density at radius 3 is 2.24 bits per heavy atom. The number of amides is 1. The highest BCUT2D eigenvalue weighted by Crippen LogP contribution is 2.35. The van der Waals surface area contributed by atoms with Crippen LogP contribution in [0.3, 0.4) is 0 Å². The Balaban J connectivity index is 2.42. The number of benzene rings is 1. The van der Waals surface area contributed by atoms with Crippen LogP contribution in [0.1, 0.15) is 53.0 Å². The lowest BCUT2D eigenvalue weighted by Crippen LogP contribution is -2.60. The van der Waals surface area contributed by atoms with Crippen LogP contribution in [0.25, 0.3) is 0 Å². The molecule has 0 spiro atoms. The quantitative estimate of drug-likeness (QED) is 0.420. The first kappa shape index (κ1) is 27.1. The van der Waals surface area contributed by atoms with Crippen molar-refractivity contribution in [3.05, 3.63) is 23.8 Å². The predicted octanol–water partition coefficient (Wildman–Crippen LogP) is 2.76. The van der Waals surface area contributed by atoms with E-state index in [0.717, 1.165) is 19.1 Å². The fraction of sp³-hybridized carbons (Fsp3) is 0.583. The van der Waals surface area contributed by atoms with Gasteiger partial charge in [0.25, 0.3) is 0 Å². The van der Waals surface area contributed by atoms with Crippen molar-refractivity contribution >= 4 is 29.5 Å². The van der Waals surface area contributed by atoms with Gasteiger partial charge >= 0.3 is 17.9 Å². The van der Waals surface area contributed by atoms with E-state index in [9.17, 15) is 19.2 Å². The van der Waals surface area contributed by atoms with Crippen LogP contribution in [-0.2, 0) is 44.5 Å². The first-order chi connectivity index (χ1) is 16.1. The summed E-state index contributed by atoms with van der Waals surface area (Å²) in [6.07, 6.45) is -2.99. The highest BCUT2D eigenvalue weighted by Gasteiger charge is 2.52. The summed E-state index contributed by atoms with van der Waals surface area (Å²) in [6.45, 7) is 7.95. The van der Waals surface area contributed by atoms with Gasteiger partial charge in [-0.3, -0.25) is 14.4 Å². The maximum absolute atomic E-state index is 12.5. The van der Waals surface area contributed by atoms with Gasteiger partial charge in [-0.1, -0.05) is 26.8 Å². The van der Waals surface area contributed by atoms with Crippen LogP contribution in [0.15, 0.2) is 18.2 Å². The zero-order chi connectivity index (χ0) is 25.4. The fourth-order valence-corrected chi connectivity index (χ4v) is 3.66. The molecule has 1 N–H and O–H groups in total. The second kappa shape index (κ2) is 12.4. The summed E-state index contributed by atoms with van der Waals surface area (Å²) in [5.74, 6) is -2.63. The van der Waals surface area contributed by atoms with E-state index in [4.69, 9.17) is 23.7 Å². The number of rotatable bonds is 9. The van der Waals surface area contributed by atoms with Gasteiger partial charge in [0.05, 0.1) is 18.7 Å². The van der Waals surface area contributed by atoms with Gasteiger partial charge in [-0.25, -0.2) is 4.79 Å². The molecule has 1 amide bonds. The lowest BCUT2D eigenvalue weighted by Gasteiger charge is -2.42. The van der Waals surface area contributed by atoms with E-state index in [0.29, 0.717) is 24.3 Å². The van der Waals surface area contributed by atoms with Crippen LogP contribution in [0.5, 0.6) is 5.75 Å². The first-order valence-electron chi connectivity index (χ1n) is 11.3. The Hall–Kier alpha value is -3.14. The molecule has 0 aliphatic carbocycles. The number of nitrogens with one attached hydrogen (secondary N) is 1. The fourth-order valence-electron chi connectivity index (χ4n) is 3.66. The molecule has 1 heterocycles. The molecule has 188 valence electrons. The van der Waals surface area contributed by atoms with Crippen LogP contribution in [-0.4, -0.2) is 55.5 Å². The highest BCUT2D eigenvalue weighted by atomic mass is 16.7. The number of hydrogen-bond acceptors (Lipinski definition) is 9. The normalized spacial score (nSPS) is 24.0. The molecule has 0 aromatic heterocycles. The summed E-state index contributed by atoms with van der Waals surface area (Å²) in [5, 5.41) is 2.85. The summed E-state index contributed by atoms with van der Waals surface area (Å²) in [5.41, 5.74) is 1.44. The number of carbonyl (C=O) groups is 4.